The first-order valence-corrected chi connectivity index (χ1v) is 9.63. The van der Waals surface area contributed by atoms with Crippen LogP contribution in [-0.4, -0.2) is 43.2 Å². The van der Waals surface area contributed by atoms with Crippen molar-refractivity contribution in [1.29, 1.82) is 0 Å². The van der Waals surface area contributed by atoms with E-state index in [1.165, 1.54) is 4.88 Å². The van der Waals surface area contributed by atoms with Gasteiger partial charge in [0, 0.05) is 31.0 Å². The van der Waals surface area contributed by atoms with Crippen LogP contribution < -0.4 is 5.73 Å². The molecule has 4 nitrogen and oxygen atoms in total. The second kappa shape index (κ2) is 9.65. The van der Waals surface area contributed by atoms with Crippen molar-refractivity contribution in [3.8, 4) is 0 Å². The first kappa shape index (κ1) is 17.9. The Morgan fingerprint density at radius 3 is 2.77 bits per heavy atom. The highest BCUT2D eigenvalue weighted by atomic mass is 79.9. The normalized spacial score (nSPS) is 16.2. The number of likely N-dealkylation sites (tertiary alicyclic amines) is 1. The highest BCUT2D eigenvalue weighted by Crippen LogP contribution is 2.23. The molecule has 1 aliphatic rings. The lowest BCUT2D eigenvalue weighted by Crippen LogP contribution is -2.41. The number of hydrogen-bond acceptors (Lipinski definition) is 4. The molecule has 0 atom stereocenters. The lowest BCUT2D eigenvalue weighted by molar-refractivity contribution is -0.133. The monoisotopic (exact) mass is 388 g/mol. The lowest BCUT2D eigenvalue weighted by atomic mass is 10.1. The van der Waals surface area contributed by atoms with Gasteiger partial charge in [-0.1, -0.05) is 0 Å². The van der Waals surface area contributed by atoms with Gasteiger partial charge in [-0.15, -0.1) is 11.3 Å². The van der Waals surface area contributed by atoms with E-state index in [1.54, 1.807) is 11.3 Å². The van der Waals surface area contributed by atoms with E-state index >= 15 is 0 Å². The van der Waals surface area contributed by atoms with Crippen LogP contribution in [0.2, 0.25) is 0 Å². The summed E-state index contributed by atoms with van der Waals surface area (Å²) in [6.07, 6.45) is 5.69. The first-order valence-electron chi connectivity index (χ1n) is 8.02. The smallest absolute Gasteiger partial charge is 0.222 e. The van der Waals surface area contributed by atoms with Crippen molar-refractivity contribution in [2.75, 3.05) is 26.2 Å². The molecular formula is C16H25BrN2O2S. The molecule has 0 aliphatic carbocycles. The van der Waals surface area contributed by atoms with Gasteiger partial charge in [-0.3, -0.25) is 4.79 Å². The van der Waals surface area contributed by atoms with Gasteiger partial charge in [-0.2, -0.15) is 0 Å². The van der Waals surface area contributed by atoms with Crippen LogP contribution in [0.3, 0.4) is 0 Å². The van der Waals surface area contributed by atoms with Crippen molar-refractivity contribution in [2.45, 2.75) is 44.6 Å². The van der Waals surface area contributed by atoms with Crippen molar-refractivity contribution in [1.82, 2.24) is 4.90 Å². The molecule has 0 unspecified atom stereocenters. The zero-order valence-corrected chi connectivity index (χ0v) is 15.3. The number of carbonyl (C=O) groups excluding carboxylic acids is 1. The molecule has 1 aromatic rings. The number of piperidine rings is 1. The quantitative estimate of drug-likeness (QED) is 0.695. The summed E-state index contributed by atoms with van der Waals surface area (Å²) >= 11 is 5.22. The SMILES string of the molecule is NCCCOC1CCN(C(=O)CCCc2ccc(Br)s2)CC1. The summed E-state index contributed by atoms with van der Waals surface area (Å²) in [7, 11) is 0. The molecule has 2 heterocycles. The molecular weight excluding hydrogens is 364 g/mol. The summed E-state index contributed by atoms with van der Waals surface area (Å²) in [6.45, 7) is 3.08. The zero-order chi connectivity index (χ0) is 15.8. The minimum atomic E-state index is 0.288. The minimum absolute atomic E-state index is 0.288. The Labute approximate surface area is 145 Å². The molecule has 0 spiro atoms. The number of nitrogens with zero attached hydrogens (tertiary/aromatic N) is 1. The van der Waals surface area contributed by atoms with E-state index in [4.69, 9.17) is 10.5 Å². The fraction of sp³-hybridized carbons (Fsp3) is 0.688. The Balaban J connectivity index is 1.60. The van der Waals surface area contributed by atoms with Gasteiger partial charge in [0.05, 0.1) is 9.89 Å². The summed E-state index contributed by atoms with van der Waals surface area (Å²) in [5.74, 6) is 0.288. The number of nitrogens with two attached hydrogens (primary N) is 1. The van der Waals surface area contributed by atoms with E-state index in [9.17, 15) is 4.79 Å². The molecule has 1 fully saturated rings. The van der Waals surface area contributed by atoms with Gasteiger partial charge >= 0.3 is 0 Å². The molecule has 124 valence electrons. The Morgan fingerprint density at radius 2 is 2.14 bits per heavy atom. The Bertz CT molecular complexity index is 459. The Hall–Kier alpha value is -0.430. The van der Waals surface area contributed by atoms with Crippen LogP contribution in [0, 0.1) is 0 Å². The number of carbonyl (C=O) groups is 1. The third-order valence-corrected chi connectivity index (χ3v) is 5.62. The zero-order valence-electron chi connectivity index (χ0n) is 12.9. The number of halogens is 1. The summed E-state index contributed by atoms with van der Waals surface area (Å²) in [5.41, 5.74) is 5.46. The highest BCUT2D eigenvalue weighted by molar-refractivity contribution is 9.11. The molecule has 0 bridgehead atoms. The maximum Gasteiger partial charge on any atom is 0.222 e. The summed E-state index contributed by atoms with van der Waals surface area (Å²) < 4.78 is 6.93. The molecule has 0 saturated carbocycles. The number of hydrogen-bond donors (Lipinski definition) is 1. The van der Waals surface area contributed by atoms with Crippen molar-refractivity contribution in [2.24, 2.45) is 5.73 Å². The molecule has 0 radical (unpaired) electrons. The van der Waals surface area contributed by atoms with E-state index in [0.717, 1.165) is 55.6 Å². The van der Waals surface area contributed by atoms with E-state index in [0.29, 0.717) is 19.1 Å². The van der Waals surface area contributed by atoms with Gasteiger partial charge in [0.15, 0.2) is 0 Å². The topological polar surface area (TPSA) is 55.6 Å². The molecule has 1 saturated heterocycles. The largest absolute Gasteiger partial charge is 0.378 e. The number of amides is 1. The van der Waals surface area contributed by atoms with Gasteiger partial charge in [0.2, 0.25) is 5.91 Å². The predicted molar refractivity (Wildman–Crippen MR) is 94.2 cm³/mol. The van der Waals surface area contributed by atoms with Crippen LogP contribution in [0.4, 0.5) is 0 Å². The number of ether oxygens (including phenoxy) is 1. The molecule has 1 aromatic heterocycles. The van der Waals surface area contributed by atoms with Crippen molar-refractivity contribution >= 4 is 33.2 Å². The van der Waals surface area contributed by atoms with Gasteiger partial charge in [-0.25, -0.2) is 0 Å². The molecule has 2 N–H and O–H groups in total. The van der Waals surface area contributed by atoms with Crippen LogP contribution in [0.25, 0.3) is 0 Å². The molecule has 0 aromatic carbocycles. The van der Waals surface area contributed by atoms with E-state index in [-0.39, 0.29) is 5.91 Å². The maximum atomic E-state index is 12.2. The second-order valence-electron chi connectivity index (χ2n) is 5.65. The number of rotatable bonds is 8. The van der Waals surface area contributed by atoms with Gasteiger partial charge in [0.1, 0.15) is 0 Å². The molecule has 2 rings (SSSR count). The lowest BCUT2D eigenvalue weighted by Gasteiger charge is -2.32. The average Bonchev–Trinajstić information content (AvgIpc) is 2.93. The maximum absolute atomic E-state index is 12.2. The van der Waals surface area contributed by atoms with Gasteiger partial charge in [-0.05, 0) is 66.7 Å². The Kier molecular flexibility index (Phi) is 7.86. The number of aryl methyl sites for hydroxylation is 1. The highest BCUT2D eigenvalue weighted by Gasteiger charge is 2.22. The second-order valence-corrected chi connectivity index (χ2v) is 8.20. The summed E-state index contributed by atoms with van der Waals surface area (Å²) in [5, 5.41) is 0. The fourth-order valence-electron chi connectivity index (χ4n) is 2.66. The molecule has 1 aliphatic heterocycles. The van der Waals surface area contributed by atoms with E-state index in [1.807, 2.05) is 4.90 Å². The van der Waals surface area contributed by atoms with E-state index in [2.05, 4.69) is 28.1 Å². The summed E-state index contributed by atoms with van der Waals surface area (Å²) in [6, 6.07) is 4.20. The van der Waals surface area contributed by atoms with Gasteiger partial charge in [0.25, 0.3) is 0 Å². The van der Waals surface area contributed by atoms with Crippen molar-refractivity contribution in [3.63, 3.8) is 0 Å². The third-order valence-electron chi connectivity index (χ3n) is 3.94. The Morgan fingerprint density at radius 1 is 1.36 bits per heavy atom. The number of thiophene rings is 1. The third kappa shape index (κ3) is 5.99. The van der Waals surface area contributed by atoms with Crippen LogP contribution in [0.1, 0.15) is 37.0 Å². The minimum Gasteiger partial charge on any atom is -0.378 e. The van der Waals surface area contributed by atoms with Gasteiger partial charge < -0.3 is 15.4 Å². The van der Waals surface area contributed by atoms with Crippen molar-refractivity contribution < 1.29 is 9.53 Å². The van der Waals surface area contributed by atoms with Crippen LogP contribution in [0.5, 0.6) is 0 Å². The van der Waals surface area contributed by atoms with Crippen molar-refractivity contribution in [3.05, 3.63) is 20.8 Å². The van der Waals surface area contributed by atoms with Crippen LogP contribution >= 0.6 is 27.3 Å². The van der Waals surface area contributed by atoms with Crippen LogP contribution in [-0.2, 0) is 16.0 Å². The first-order chi connectivity index (χ1) is 10.7. The molecule has 6 heteroatoms. The molecule has 22 heavy (non-hydrogen) atoms. The molecule has 1 amide bonds. The summed E-state index contributed by atoms with van der Waals surface area (Å²) in [4.78, 5) is 15.6. The fourth-order valence-corrected chi connectivity index (χ4v) is 4.19. The van der Waals surface area contributed by atoms with Crippen LogP contribution in [0.15, 0.2) is 15.9 Å². The predicted octanol–water partition coefficient (Wildman–Crippen LogP) is 3.19. The average molecular weight is 389 g/mol. The van der Waals surface area contributed by atoms with E-state index < -0.39 is 0 Å². The standard InChI is InChI=1S/C16H25BrN2O2S/c17-15-6-5-14(22-15)3-1-4-16(20)19-10-7-13(8-11-19)21-12-2-9-18/h5-6,13H,1-4,7-12,18H2.